The van der Waals surface area contributed by atoms with Crippen LogP contribution in [0.3, 0.4) is 0 Å². The van der Waals surface area contributed by atoms with Gasteiger partial charge in [0.25, 0.3) is 5.91 Å². The smallest absolute Gasteiger partial charge is 0.275 e. The lowest BCUT2D eigenvalue weighted by Gasteiger charge is -2.26. The van der Waals surface area contributed by atoms with Gasteiger partial charge in [-0.3, -0.25) is 9.59 Å². The number of methoxy groups -OCH3 is 6. The number of ether oxygens (including phenoxy) is 6. The van der Waals surface area contributed by atoms with E-state index in [9.17, 15) is 9.59 Å². The molecule has 0 aromatic carbocycles. The Bertz CT molecular complexity index is 769. The van der Waals surface area contributed by atoms with Crippen LogP contribution in [0.25, 0.3) is 0 Å². The van der Waals surface area contributed by atoms with Crippen LogP contribution in [0.15, 0.2) is 4.60 Å². The molecule has 0 aliphatic heterocycles. The average Bonchev–Trinajstić information content (AvgIpc) is 2.95. The Morgan fingerprint density at radius 1 is 0.718 bits per heavy atom. The van der Waals surface area contributed by atoms with Crippen molar-refractivity contribution in [2.75, 3.05) is 134 Å². The zero-order valence-electron chi connectivity index (χ0n) is 24.4. The van der Waals surface area contributed by atoms with Crippen LogP contribution in [0, 0.1) is 0 Å². The van der Waals surface area contributed by atoms with Gasteiger partial charge in [-0.05, 0) is 23.0 Å². The number of hydrogen-bond donors (Lipinski definition) is 0. The van der Waals surface area contributed by atoms with Gasteiger partial charge in [0.05, 0.1) is 39.6 Å². The molecule has 13 nitrogen and oxygen atoms in total. The van der Waals surface area contributed by atoms with E-state index in [0.29, 0.717) is 64.7 Å². The Balaban J connectivity index is 0.00000122. The number of aromatic nitrogens is 2. The van der Waals surface area contributed by atoms with Crippen LogP contribution >= 0.6 is 15.9 Å². The molecule has 226 valence electrons. The summed E-state index contributed by atoms with van der Waals surface area (Å²) >= 11 is 3.27. The fraction of sp³-hybridized carbons (Fsp3) is 0.760. The zero-order valence-corrected chi connectivity index (χ0v) is 26.0. The van der Waals surface area contributed by atoms with Gasteiger partial charge >= 0.3 is 0 Å². The zero-order chi connectivity index (χ0) is 29.5. The monoisotopic (exact) mass is 623 g/mol. The maximum atomic E-state index is 13.1. The van der Waals surface area contributed by atoms with Crippen molar-refractivity contribution in [1.29, 1.82) is 0 Å². The lowest BCUT2D eigenvalue weighted by atomic mass is 10.3. The lowest BCUT2D eigenvalue weighted by Crippen LogP contribution is -2.38. The van der Waals surface area contributed by atoms with E-state index in [1.165, 1.54) is 0 Å². The first-order valence-corrected chi connectivity index (χ1v) is 13.3. The van der Waals surface area contributed by atoms with Crippen LogP contribution in [-0.2, 0) is 28.4 Å². The van der Waals surface area contributed by atoms with E-state index in [0.717, 1.165) is 26.3 Å². The molecule has 0 saturated carbocycles. The summed E-state index contributed by atoms with van der Waals surface area (Å²) in [4.78, 5) is 39.0. The lowest BCUT2D eigenvalue weighted by molar-refractivity contribution is 0.0620. The summed E-state index contributed by atoms with van der Waals surface area (Å²) in [6, 6.07) is 0. The molecular weight excluding hydrogens is 578 g/mol. The second-order valence-corrected chi connectivity index (χ2v) is 8.98. The van der Waals surface area contributed by atoms with Crippen LogP contribution < -0.4 is 4.90 Å². The predicted molar refractivity (Wildman–Crippen MR) is 152 cm³/mol. The molecule has 0 atom stereocenters. The normalized spacial score (nSPS) is 10.8. The summed E-state index contributed by atoms with van der Waals surface area (Å²) in [7, 11) is 11.8. The minimum Gasteiger partial charge on any atom is -0.383 e. The van der Waals surface area contributed by atoms with Crippen LogP contribution in [0.1, 0.15) is 21.0 Å². The van der Waals surface area contributed by atoms with Crippen LogP contribution in [0.2, 0.25) is 0 Å². The number of anilines is 1. The minimum atomic E-state index is -0.337. The SMILES string of the molecule is COCCN(C)CCOC.COCCN(CCOC)C(=O)c1nc(N(CCOC)CCOC)c(C=O)nc1Br. The van der Waals surface area contributed by atoms with Gasteiger partial charge in [0.1, 0.15) is 10.3 Å². The van der Waals surface area contributed by atoms with Crippen molar-refractivity contribution < 1.29 is 38.0 Å². The molecule has 0 spiro atoms. The van der Waals surface area contributed by atoms with Gasteiger partial charge in [0.15, 0.2) is 17.8 Å². The van der Waals surface area contributed by atoms with Crippen molar-refractivity contribution in [2.45, 2.75) is 0 Å². The van der Waals surface area contributed by atoms with Crippen molar-refractivity contribution >= 4 is 33.9 Å². The fourth-order valence-corrected chi connectivity index (χ4v) is 3.52. The molecule has 1 amide bonds. The third-order valence-electron chi connectivity index (χ3n) is 5.38. The molecule has 0 aliphatic rings. The molecule has 1 aromatic rings. The van der Waals surface area contributed by atoms with Gasteiger partial charge in [0.2, 0.25) is 0 Å². The standard InChI is InChI=1S/C18H29BrN4O6.C7H17NO2/c1-26-9-5-22(6-10-27-2)17-14(13-24)20-16(19)15(21-17)18(25)23(7-11-28-3)8-12-29-4;1-8(4-6-9-2)5-7-10-3/h13H,5-12H2,1-4H3;4-7H2,1-3H3. The molecule has 0 unspecified atom stereocenters. The third-order valence-corrected chi connectivity index (χ3v) is 5.93. The fourth-order valence-electron chi connectivity index (χ4n) is 3.07. The second-order valence-electron chi connectivity index (χ2n) is 8.23. The number of rotatable bonds is 21. The third kappa shape index (κ3) is 15.6. The van der Waals surface area contributed by atoms with Gasteiger partial charge < -0.3 is 43.1 Å². The van der Waals surface area contributed by atoms with Crippen LogP contribution in [0.5, 0.6) is 0 Å². The summed E-state index contributed by atoms with van der Waals surface area (Å²) in [5.74, 6) is -0.0327. The number of amides is 1. The van der Waals surface area contributed by atoms with E-state index < -0.39 is 0 Å². The van der Waals surface area contributed by atoms with Gasteiger partial charge in [0, 0.05) is 81.9 Å². The predicted octanol–water partition coefficient (Wildman–Crippen LogP) is 1.10. The van der Waals surface area contributed by atoms with Gasteiger partial charge in [-0.2, -0.15) is 0 Å². The largest absolute Gasteiger partial charge is 0.383 e. The highest BCUT2D eigenvalue weighted by Gasteiger charge is 2.25. The highest BCUT2D eigenvalue weighted by atomic mass is 79.9. The van der Waals surface area contributed by atoms with E-state index >= 15 is 0 Å². The summed E-state index contributed by atoms with van der Waals surface area (Å²) in [6.07, 6.45) is 0.613. The molecule has 0 radical (unpaired) electrons. The van der Waals surface area contributed by atoms with E-state index in [-0.39, 0.29) is 21.9 Å². The first kappa shape index (κ1) is 37.2. The molecule has 0 aliphatic carbocycles. The van der Waals surface area contributed by atoms with E-state index in [2.05, 4.69) is 37.8 Å². The minimum absolute atomic E-state index is 0.109. The van der Waals surface area contributed by atoms with Crippen molar-refractivity contribution in [1.82, 2.24) is 19.8 Å². The Kier molecular flexibility index (Phi) is 23.0. The van der Waals surface area contributed by atoms with Crippen molar-refractivity contribution in [3.05, 3.63) is 16.0 Å². The molecule has 0 saturated heterocycles. The van der Waals surface area contributed by atoms with Crippen molar-refractivity contribution in [2.24, 2.45) is 0 Å². The summed E-state index contributed by atoms with van der Waals surface area (Å²) in [6.45, 7) is 6.75. The molecule has 0 N–H and O–H groups in total. The maximum Gasteiger partial charge on any atom is 0.275 e. The summed E-state index contributed by atoms with van der Waals surface area (Å²) in [5, 5.41) is 0. The summed E-state index contributed by atoms with van der Waals surface area (Å²) < 4.78 is 30.5. The number of nitrogens with zero attached hydrogens (tertiary/aromatic N) is 5. The van der Waals surface area contributed by atoms with Crippen molar-refractivity contribution in [3.8, 4) is 0 Å². The number of carbonyl (C=O) groups excluding carboxylic acids is 2. The highest BCUT2D eigenvalue weighted by Crippen LogP contribution is 2.22. The Morgan fingerprint density at radius 3 is 1.54 bits per heavy atom. The van der Waals surface area contributed by atoms with E-state index in [4.69, 9.17) is 28.4 Å². The molecule has 14 heteroatoms. The Labute approximate surface area is 241 Å². The van der Waals surface area contributed by atoms with Crippen LogP contribution in [-0.4, -0.2) is 161 Å². The molecule has 1 heterocycles. The van der Waals surface area contributed by atoms with Crippen LogP contribution in [0.4, 0.5) is 5.82 Å². The first-order chi connectivity index (χ1) is 18.8. The molecule has 0 bridgehead atoms. The van der Waals surface area contributed by atoms with E-state index in [1.54, 1.807) is 47.6 Å². The molecule has 39 heavy (non-hydrogen) atoms. The quantitative estimate of drug-likeness (QED) is 0.182. The van der Waals surface area contributed by atoms with Gasteiger partial charge in [-0.1, -0.05) is 0 Å². The molecule has 1 aromatic heterocycles. The first-order valence-electron chi connectivity index (χ1n) is 12.5. The molecule has 1 rings (SSSR count). The second kappa shape index (κ2) is 24.1. The number of carbonyl (C=O) groups is 2. The molecular formula is C25H46BrN5O8. The number of aldehydes is 1. The number of halogens is 1. The number of hydrogen-bond acceptors (Lipinski definition) is 12. The number of likely N-dealkylation sites (N-methyl/N-ethyl adjacent to an activating group) is 1. The van der Waals surface area contributed by atoms with Gasteiger partial charge in [-0.15, -0.1) is 0 Å². The molecule has 0 fully saturated rings. The highest BCUT2D eigenvalue weighted by molar-refractivity contribution is 9.10. The maximum absolute atomic E-state index is 13.1. The van der Waals surface area contributed by atoms with E-state index in [1.807, 2.05) is 4.90 Å². The topological polar surface area (TPSA) is 125 Å². The van der Waals surface area contributed by atoms with Gasteiger partial charge in [-0.25, -0.2) is 9.97 Å². The van der Waals surface area contributed by atoms with Crippen molar-refractivity contribution in [3.63, 3.8) is 0 Å². The Hall–Kier alpha value is -1.78. The summed E-state index contributed by atoms with van der Waals surface area (Å²) in [5.41, 5.74) is 0.235. The Morgan fingerprint density at radius 2 is 1.13 bits per heavy atom. The average molecular weight is 625 g/mol.